The molecule has 0 aliphatic carbocycles. The monoisotopic (exact) mass is 292 g/mol. The molecule has 4 heteroatoms. The number of ether oxygens (including phenoxy) is 2. The highest BCUT2D eigenvalue weighted by Gasteiger charge is 2.18. The summed E-state index contributed by atoms with van der Waals surface area (Å²) >= 11 is 0. The molecule has 4 nitrogen and oxygen atoms in total. The van der Waals surface area contributed by atoms with E-state index in [0.717, 1.165) is 57.0 Å². The van der Waals surface area contributed by atoms with Gasteiger partial charge in [-0.3, -0.25) is 4.90 Å². The van der Waals surface area contributed by atoms with Crippen LogP contribution >= 0.6 is 0 Å². The largest absolute Gasteiger partial charge is 0.494 e. The number of nitrogens with zero attached hydrogens (tertiary/aromatic N) is 1. The van der Waals surface area contributed by atoms with Gasteiger partial charge in [0.15, 0.2) is 0 Å². The molecule has 0 bridgehead atoms. The second-order valence-electron chi connectivity index (χ2n) is 5.82. The summed E-state index contributed by atoms with van der Waals surface area (Å²) in [5, 5.41) is 0. The molecule has 0 radical (unpaired) electrons. The van der Waals surface area contributed by atoms with Crippen molar-refractivity contribution in [2.45, 2.75) is 38.8 Å². The highest BCUT2D eigenvalue weighted by molar-refractivity contribution is 5.29. The zero-order valence-corrected chi connectivity index (χ0v) is 13.3. The van der Waals surface area contributed by atoms with E-state index in [4.69, 9.17) is 15.2 Å². The molecule has 1 heterocycles. The van der Waals surface area contributed by atoms with Gasteiger partial charge in [0.2, 0.25) is 0 Å². The van der Waals surface area contributed by atoms with Gasteiger partial charge in [-0.15, -0.1) is 0 Å². The minimum Gasteiger partial charge on any atom is -0.494 e. The van der Waals surface area contributed by atoms with Crippen LogP contribution in [0.4, 0.5) is 0 Å². The topological polar surface area (TPSA) is 47.7 Å². The minimum atomic E-state index is 0.0375. The van der Waals surface area contributed by atoms with E-state index in [1.54, 1.807) is 0 Å². The lowest BCUT2D eigenvalue weighted by Gasteiger charge is -2.25. The van der Waals surface area contributed by atoms with Gasteiger partial charge >= 0.3 is 0 Å². The number of hydrogen-bond donors (Lipinski definition) is 1. The van der Waals surface area contributed by atoms with Crippen molar-refractivity contribution in [1.82, 2.24) is 4.90 Å². The maximum Gasteiger partial charge on any atom is 0.119 e. The van der Waals surface area contributed by atoms with E-state index in [2.05, 4.69) is 30.9 Å². The van der Waals surface area contributed by atoms with Crippen molar-refractivity contribution < 1.29 is 9.47 Å². The van der Waals surface area contributed by atoms with Gasteiger partial charge in [-0.25, -0.2) is 0 Å². The van der Waals surface area contributed by atoms with Crippen LogP contribution in [0.15, 0.2) is 24.3 Å². The summed E-state index contributed by atoms with van der Waals surface area (Å²) in [4.78, 5) is 2.41. The maximum atomic E-state index is 6.35. The Bertz CT molecular complexity index is 408. The van der Waals surface area contributed by atoms with E-state index < -0.39 is 0 Å². The second-order valence-corrected chi connectivity index (χ2v) is 5.82. The van der Waals surface area contributed by atoms with Crippen molar-refractivity contribution >= 4 is 0 Å². The van der Waals surface area contributed by atoms with Crippen LogP contribution < -0.4 is 10.5 Å². The van der Waals surface area contributed by atoms with Crippen LogP contribution in [-0.2, 0) is 4.74 Å². The molecule has 2 atom stereocenters. The molecule has 2 unspecified atom stereocenters. The third kappa shape index (κ3) is 5.30. The molecule has 21 heavy (non-hydrogen) atoms. The van der Waals surface area contributed by atoms with Crippen LogP contribution in [0.2, 0.25) is 0 Å². The van der Waals surface area contributed by atoms with Crippen molar-refractivity contribution in [2.75, 3.05) is 32.8 Å². The van der Waals surface area contributed by atoms with Crippen LogP contribution in [0.25, 0.3) is 0 Å². The van der Waals surface area contributed by atoms with Crippen molar-refractivity contribution in [2.24, 2.45) is 5.73 Å². The average molecular weight is 292 g/mol. The number of nitrogens with two attached hydrogens (primary N) is 1. The Morgan fingerprint density at radius 2 is 2.14 bits per heavy atom. The highest BCUT2D eigenvalue weighted by atomic mass is 16.5. The van der Waals surface area contributed by atoms with E-state index in [1.165, 1.54) is 0 Å². The molecular weight excluding hydrogens is 264 g/mol. The van der Waals surface area contributed by atoms with E-state index in [0.29, 0.717) is 6.10 Å². The Balaban J connectivity index is 1.88. The molecule has 1 aromatic carbocycles. The lowest BCUT2D eigenvalue weighted by molar-refractivity contribution is 0.0670. The van der Waals surface area contributed by atoms with Crippen molar-refractivity contribution in [1.29, 1.82) is 0 Å². The van der Waals surface area contributed by atoms with Crippen LogP contribution in [0.3, 0.4) is 0 Å². The predicted molar refractivity (Wildman–Crippen MR) is 85.6 cm³/mol. The summed E-state index contributed by atoms with van der Waals surface area (Å²) in [6, 6.07) is 8.22. The summed E-state index contributed by atoms with van der Waals surface area (Å²) in [6.45, 7) is 8.76. The third-order valence-electron chi connectivity index (χ3n) is 3.77. The van der Waals surface area contributed by atoms with E-state index >= 15 is 0 Å². The molecule has 1 aliphatic heterocycles. The van der Waals surface area contributed by atoms with E-state index in [9.17, 15) is 0 Å². The third-order valence-corrected chi connectivity index (χ3v) is 3.77. The first-order valence-electron chi connectivity index (χ1n) is 8.01. The fraction of sp³-hybridized carbons (Fsp3) is 0.647. The molecular formula is C17H28N2O2. The Hall–Kier alpha value is -1.10. The Morgan fingerprint density at radius 1 is 1.38 bits per heavy atom. The van der Waals surface area contributed by atoms with Crippen LogP contribution in [0.5, 0.6) is 5.75 Å². The SMILES string of the molecule is CCCOc1ccc(C(N)CN2CCCOC(C)C2)cc1. The lowest BCUT2D eigenvalue weighted by Crippen LogP contribution is -2.36. The molecule has 0 spiro atoms. The summed E-state index contributed by atoms with van der Waals surface area (Å²) in [5.41, 5.74) is 7.51. The molecule has 0 saturated carbocycles. The fourth-order valence-electron chi connectivity index (χ4n) is 2.66. The summed E-state index contributed by atoms with van der Waals surface area (Å²) in [6.07, 6.45) is 2.40. The summed E-state index contributed by atoms with van der Waals surface area (Å²) in [7, 11) is 0. The molecule has 1 aliphatic rings. The van der Waals surface area contributed by atoms with E-state index in [-0.39, 0.29) is 6.04 Å². The highest BCUT2D eigenvalue weighted by Crippen LogP contribution is 2.18. The summed E-state index contributed by atoms with van der Waals surface area (Å²) in [5.74, 6) is 0.921. The maximum absolute atomic E-state index is 6.35. The first kappa shape index (κ1) is 16.3. The van der Waals surface area contributed by atoms with Crippen LogP contribution in [-0.4, -0.2) is 43.9 Å². The quantitative estimate of drug-likeness (QED) is 0.875. The summed E-state index contributed by atoms with van der Waals surface area (Å²) < 4.78 is 11.3. The number of hydrogen-bond acceptors (Lipinski definition) is 4. The molecule has 0 amide bonds. The van der Waals surface area contributed by atoms with Crippen LogP contribution in [0.1, 0.15) is 38.3 Å². The van der Waals surface area contributed by atoms with Crippen molar-refractivity contribution in [3.05, 3.63) is 29.8 Å². The number of benzene rings is 1. The van der Waals surface area contributed by atoms with Gasteiger partial charge in [-0.1, -0.05) is 19.1 Å². The molecule has 1 fully saturated rings. The van der Waals surface area contributed by atoms with E-state index in [1.807, 2.05) is 12.1 Å². The van der Waals surface area contributed by atoms with Gasteiger partial charge in [-0.2, -0.15) is 0 Å². The first-order chi connectivity index (χ1) is 10.2. The minimum absolute atomic E-state index is 0.0375. The smallest absolute Gasteiger partial charge is 0.119 e. The standard InChI is InChI=1S/C17H28N2O2/c1-3-10-21-16-7-5-15(6-8-16)17(18)13-19-9-4-11-20-14(2)12-19/h5-8,14,17H,3-4,9-13,18H2,1-2H3. The number of rotatable bonds is 6. The Kier molecular flexibility index (Phi) is 6.49. The van der Waals surface area contributed by atoms with Gasteiger partial charge in [-0.05, 0) is 37.5 Å². The molecule has 2 rings (SSSR count). The van der Waals surface area contributed by atoms with Gasteiger partial charge in [0.25, 0.3) is 0 Å². The van der Waals surface area contributed by atoms with Crippen molar-refractivity contribution in [3.63, 3.8) is 0 Å². The molecule has 118 valence electrons. The average Bonchev–Trinajstić information content (AvgIpc) is 2.69. The predicted octanol–water partition coefficient (Wildman–Crippen LogP) is 2.59. The normalized spacial score (nSPS) is 21.8. The Morgan fingerprint density at radius 3 is 2.86 bits per heavy atom. The molecule has 1 saturated heterocycles. The van der Waals surface area contributed by atoms with Gasteiger partial charge < -0.3 is 15.2 Å². The van der Waals surface area contributed by atoms with Gasteiger partial charge in [0.05, 0.1) is 12.7 Å². The van der Waals surface area contributed by atoms with Crippen molar-refractivity contribution in [3.8, 4) is 5.75 Å². The van der Waals surface area contributed by atoms with Gasteiger partial charge in [0, 0.05) is 32.3 Å². The molecule has 2 N–H and O–H groups in total. The second kappa shape index (κ2) is 8.37. The zero-order valence-electron chi connectivity index (χ0n) is 13.3. The zero-order chi connectivity index (χ0) is 15.1. The van der Waals surface area contributed by atoms with Gasteiger partial charge in [0.1, 0.15) is 5.75 Å². The molecule has 0 aromatic heterocycles. The first-order valence-corrected chi connectivity index (χ1v) is 8.01. The Labute approximate surface area is 128 Å². The fourth-order valence-corrected chi connectivity index (χ4v) is 2.66. The van der Waals surface area contributed by atoms with Crippen LogP contribution in [0, 0.1) is 0 Å². The molecule has 1 aromatic rings. The lowest BCUT2D eigenvalue weighted by atomic mass is 10.1.